The maximum Gasteiger partial charge on any atom is 0.418 e. The Balaban J connectivity index is 2.43. The molecule has 0 spiro atoms. The minimum absolute atomic E-state index is 0.0591. The van der Waals surface area contributed by atoms with Crippen LogP contribution in [0.15, 0.2) is 12.1 Å². The second kappa shape index (κ2) is 5.92. The molecule has 1 aliphatic carbocycles. The number of nitrogens with zero attached hydrogens (tertiary/aromatic N) is 1. The summed E-state index contributed by atoms with van der Waals surface area (Å²) in [5.41, 5.74) is -2.50. The van der Waals surface area contributed by atoms with Crippen LogP contribution < -0.4 is 5.32 Å². The maximum absolute atomic E-state index is 12.8. The molecule has 0 atom stereocenters. The van der Waals surface area contributed by atoms with Crippen LogP contribution in [0.2, 0.25) is 5.02 Å². The monoisotopic (exact) mass is 338 g/mol. The van der Waals surface area contributed by atoms with Crippen molar-refractivity contribution in [3.05, 3.63) is 32.8 Å². The molecule has 1 aromatic rings. The third kappa shape index (κ3) is 3.27. The zero-order valence-corrected chi connectivity index (χ0v) is 12.2. The number of nitro groups is 1. The second-order valence-corrected chi connectivity index (χ2v) is 5.74. The van der Waals surface area contributed by atoms with Crippen LogP contribution in [0.1, 0.15) is 31.2 Å². The van der Waals surface area contributed by atoms with Gasteiger partial charge in [0.05, 0.1) is 15.5 Å². The maximum atomic E-state index is 12.8. The number of alkyl halides is 3. The molecule has 0 heterocycles. The summed E-state index contributed by atoms with van der Waals surface area (Å²) in [4.78, 5) is 10.2. The van der Waals surface area contributed by atoms with E-state index in [1.54, 1.807) is 0 Å². The Morgan fingerprint density at radius 3 is 2.45 bits per heavy atom. The van der Waals surface area contributed by atoms with Gasteiger partial charge in [0.2, 0.25) is 0 Å². The fourth-order valence-electron chi connectivity index (χ4n) is 2.57. The lowest BCUT2D eigenvalue weighted by molar-refractivity contribution is -0.384. The molecule has 2 N–H and O–H groups in total. The Morgan fingerprint density at radius 1 is 1.41 bits per heavy atom. The number of nitro benzene ring substituents is 1. The van der Waals surface area contributed by atoms with Gasteiger partial charge in [-0.1, -0.05) is 11.6 Å². The lowest BCUT2D eigenvalue weighted by Crippen LogP contribution is -2.45. The number of anilines is 1. The van der Waals surface area contributed by atoms with Crippen molar-refractivity contribution in [1.29, 1.82) is 0 Å². The number of halogens is 4. The van der Waals surface area contributed by atoms with Crippen LogP contribution in [-0.2, 0) is 6.18 Å². The molecular weight excluding hydrogens is 325 g/mol. The molecule has 1 aliphatic rings. The summed E-state index contributed by atoms with van der Waals surface area (Å²) in [5, 5.41) is 22.5. The van der Waals surface area contributed by atoms with Gasteiger partial charge in [-0.25, -0.2) is 0 Å². The first kappa shape index (κ1) is 16.8. The summed E-state index contributed by atoms with van der Waals surface area (Å²) < 4.78 is 38.4. The normalized spacial score (nSPS) is 17.0. The average molecular weight is 339 g/mol. The smallest absolute Gasteiger partial charge is 0.396 e. The van der Waals surface area contributed by atoms with Crippen molar-refractivity contribution in [2.24, 2.45) is 0 Å². The van der Waals surface area contributed by atoms with Crippen LogP contribution in [0.5, 0.6) is 0 Å². The van der Waals surface area contributed by atoms with Crippen LogP contribution >= 0.6 is 11.6 Å². The topological polar surface area (TPSA) is 75.4 Å². The molecule has 5 nitrogen and oxygen atoms in total. The fourth-order valence-corrected chi connectivity index (χ4v) is 2.84. The standard InChI is InChI=1S/C13H14ClF3N2O3/c14-9-7-10(18-12(4-5-20)2-1-3-12)11(19(21)22)6-8(9)13(15,16)17/h6-7,18,20H,1-5H2. The van der Waals surface area contributed by atoms with Crippen molar-refractivity contribution in [3.63, 3.8) is 0 Å². The SMILES string of the molecule is O=[N+]([O-])c1cc(C(F)(F)F)c(Cl)cc1NC1(CCO)CCC1. The quantitative estimate of drug-likeness (QED) is 0.629. The number of hydrogen-bond donors (Lipinski definition) is 2. The van der Waals surface area contributed by atoms with Gasteiger partial charge in [-0.3, -0.25) is 10.1 Å². The van der Waals surface area contributed by atoms with Crippen LogP contribution in [0.25, 0.3) is 0 Å². The molecule has 0 bridgehead atoms. The number of hydrogen-bond acceptors (Lipinski definition) is 4. The van der Waals surface area contributed by atoms with Gasteiger partial charge in [0.15, 0.2) is 0 Å². The summed E-state index contributed by atoms with van der Waals surface area (Å²) in [7, 11) is 0. The largest absolute Gasteiger partial charge is 0.418 e. The van der Waals surface area contributed by atoms with Gasteiger partial charge >= 0.3 is 6.18 Å². The number of aliphatic hydroxyl groups excluding tert-OH is 1. The third-order valence-corrected chi connectivity index (χ3v) is 4.20. The summed E-state index contributed by atoms with van der Waals surface area (Å²) in [5.74, 6) is 0. The number of nitrogens with one attached hydrogen (secondary N) is 1. The molecule has 1 aromatic carbocycles. The van der Waals surface area contributed by atoms with Crippen molar-refractivity contribution in [1.82, 2.24) is 0 Å². The van der Waals surface area contributed by atoms with Crippen molar-refractivity contribution in [2.75, 3.05) is 11.9 Å². The molecule has 0 saturated heterocycles. The van der Waals surface area contributed by atoms with Gasteiger partial charge in [0, 0.05) is 18.2 Å². The lowest BCUT2D eigenvalue weighted by Gasteiger charge is -2.43. The van der Waals surface area contributed by atoms with E-state index < -0.39 is 32.9 Å². The summed E-state index contributed by atoms with van der Waals surface area (Å²) in [6.45, 7) is -0.116. The molecule has 22 heavy (non-hydrogen) atoms. The average Bonchev–Trinajstić information content (AvgIpc) is 2.34. The van der Waals surface area contributed by atoms with Crippen molar-refractivity contribution < 1.29 is 23.2 Å². The molecule has 0 radical (unpaired) electrons. The Bertz CT molecular complexity index is 589. The first-order valence-electron chi connectivity index (χ1n) is 6.63. The predicted octanol–water partition coefficient (Wildman–Crippen LogP) is 3.98. The molecular formula is C13H14ClF3N2O3. The predicted molar refractivity (Wildman–Crippen MR) is 75.0 cm³/mol. The van der Waals surface area contributed by atoms with Crippen LogP contribution in [0.3, 0.4) is 0 Å². The van der Waals surface area contributed by atoms with E-state index in [1.807, 2.05) is 0 Å². The van der Waals surface area contributed by atoms with Crippen LogP contribution in [-0.4, -0.2) is 22.2 Å². The van der Waals surface area contributed by atoms with Gasteiger partial charge in [-0.2, -0.15) is 13.2 Å². The summed E-state index contributed by atoms with van der Waals surface area (Å²) in [6, 6.07) is 1.37. The van der Waals surface area contributed by atoms with E-state index in [4.69, 9.17) is 16.7 Å². The van der Waals surface area contributed by atoms with Crippen LogP contribution in [0.4, 0.5) is 24.5 Å². The van der Waals surface area contributed by atoms with Gasteiger partial charge < -0.3 is 10.4 Å². The highest BCUT2D eigenvalue weighted by molar-refractivity contribution is 6.31. The molecule has 1 saturated carbocycles. The van der Waals surface area contributed by atoms with E-state index >= 15 is 0 Å². The van der Waals surface area contributed by atoms with E-state index in [9.17, 15) is 23.3 Å². The number of benzene rings is 1. The molecule has 122 valence electrons. The number of aliphatic hydroxyl groups is 1. The molecule has 0 unspecified atom stereocenters. The van der Waals surface area contributed by atoms with Gasteiger partial charge in [-0.15, -0.1) is 0 Å². The molecule has 0 amide bonds. The highest BCUT2D eigenvalue weighted by Crippen LogP contribution is 2.44. The fraction of sp³-hybridized carbons (Fsp3) is 0.538. The van der Waals surface area contributed by atoms with E-state index in [2.05, 4.69) is 5.32 Å². The second-order valence-electron chi connectivity index (χ2n) is 5.34. The van der Waals surface area contributed by atoms with E-state index in [0.717, 1.165) is 12.5 Å². The van der Waals surface area contributed by atoms with Gasteiger partial charge in [-0.05, 0) is 31.7 Å². The first-order valence-corrected chi connectivity index (χ1v) is 7.00. The highest BCUT2D eigenvalue weighted by atomic mass is 35.5. The van der Waals surface area contributed by atoms with E-state index in [0.29, 0.717) is 25.3 Å². The minimum atomic E-state index is -4.76. The zero-order valence-electron chi connectivity index (χ0n) is 11.4. The third-order valence-electron chi connectivity index (χ3n) is 3.89. The van der Waals surface area contributed by atoms with E-state index in [-0.39, 0.29) is 12.3 Å². The zero-order chi connectivity index (χ0) is 16.5. The van der Waals surface area contributed by atoms with Crippen LogP contribution in [0, 0.1) is 10.1 Å². The minimum Gasteiger partial charge on any atom is -0.396 e. The number of rotatable bonds is 5. The Hall–Kier alpha value is -1.54. The van der Waals surface area contributed by atoms with Gasteiger partial charge in [0.1, 0.15) is 5.69 Å². The molecule has 2 rings (SSSR count). The van der Waals surface area contributed by atoms with Gasteiger partial charge in [0.25, 0.3) is 5.69 Å². The van der Waals surface area contributed by atoms with Crippen molar-refractivity contribution >= 4 is 23.0 Å². The highest BCUT2D eigenvalue weighted by Gasteiger charge is 2.40. The lowest BCUT2D eigenvalue weighted by atomic mass is 9.74. The molecule has 1 fully saturated rings. The van der Waals surface area contributed by atoms with Crippen molar-refractivity contribution in [2.45, 2.75) is 37.4 Å². The summed E-state index contributed by atoms with van der Waals surface area (Å²) >= 11 is 5.63. The Morgan fingerprint density at radius 2 is 2.05 bits per heavy atom. The summed E-state index contributed by atoms with van der Waals surface area (Å²) in [6.07, 6.45) is -2.15. The molecule has 9 heteroatoms. The van der Waals surface area contributed by atoms with E-state index in [1.165, 1.54) is 0 Å². The van der Waals surface area contributed by atoms with Crippen molar-refractivity contribution in [3.8, 4) is 0 Å². The Kier molecular flexibility index (Phi) is 4.53. The molecule has 0 aromatic heterocycles. The first-order chi connectivity index (χ1) is 10.2. The molecule has 0 aliphatic heterocycles. The Labute approximate surface area is 129 Å².